The van der Waals surface area contributed by atoms with Crippen molar-refractivity contribution in [1.29, 1.82) is 0 Å². The molecule has 0 aromatic heterocycles. The highest BCUT2D eigenvalue weighted by molar-refractivity contribution is 6.35. The van der Waals surface area contributed by atoms with Gasteiger partial charge in [-0.15, -0.1) is 0 Å². The first-order valence-corrected chi connectivity index (χ1v) is 7.26. The molecule has 0 spiro atoms. The first kappa shape index (κ1) is 16.0. The predicted molar refractivity (Wildman–Crippen MR) is 86.9 cm³/mol. The molecule has 2 rings (SSSR count). The third kappa shape index (κ3) is 3.82. The van der Waals surface area contributed by atoms with E-state index >= 15 is 0 Å². The molecule has 1 unspecified atom stereocenters. The van der Waals surface area contributed by atoms with Gasteiger partial charge in [0.1, 0.15) is 0 Å². The maximum absolute atomic E-state index is 11.1. The van der Waals surface area contributed by atoms with Crippen molar-refractivity contribution in [2.24, 2.45) is 0 Å². The van der Waals surface area contributed by atoms with E-state index in [-0.39, 0.29) is 16.6 Å². The van der Waals surface area contributed by atoms with Gasteiger partial charge in [-0.2, -0.15) is 0 Å². The van der Waals surface area contributed by atoms with E-state index in [1.54, 1.807) is 24.3 Å². The Bertz CT molecular complexity index is 689. The molecular formula is C15H12Cl3NO2. The van der Waals surface area contributed by atoms with Crippen molar-refractivity contribution in [3.05, 3.63) is 62.6 Å². The second-order valence-electron chi connectivity index (χ2n) is 4.53. The Morgan fingerprint density at radius 3 is 2.43 bits per heavy atom. The Hall–Kier alpha value is -1.42. The normalized spacial score (nSPS) is 12.0. The quantitative estimate of drug-likeness (QED) is 0.768. The fourth-order valence-corrected chi connectivity index (χ4v) is 2.73. The first-order chi connectivity index (χ1) is 9.88. The summed E-state index contributed by atoms with van der Waals surface area (Å²) >= 11 is 17.9. The number of aromatic carboxylic acids is 1. The molecule has 0 amide bonds. The maximum atomic E-state index is 11.1. The van der Waals surface area contributed by atoms with Crippen LogP contribution in [0.15, 0.2) is 36.4 Å². The van der Waals surface area contributed by atoms with E-state index in [1.807, 2.05) is 13.0 Å². The van der Waals surface area contributed by atoms with Gasteiger partial charge < -0.3 is 10.4 Å². The van der Waals surface area contributed by atoms with Crippen LogP contribution < -0.4 is 5.32 Å². The lowest BCUT2D eigenvalue weighted by Crippen LogP contribution is -2.08. The van der Waals surface area contributed by atoms with Crippen LogP contribution in [0, 0.1) is 0 Å². The summed E-state index contributed by atoms with van der Waals surface area (Å²) in [5.41, 5.74) is 1.57. The van der Waals surface area contributed by atoms with Gasteiger partial charge >= 0.3 is 5.97 Å². The van der Waals surface area contributed by atoms with Crippen molar-refractivity contribution in [1.82, 2.24) is 0 Å². The lowest BCUT2D eigenvalue weighted by atomic mass is 10.1. The number of nitrogens with one attached hydrogen (secondary N) is 1. The number of carboxylic acids is 1. The lowest BCUT2D eigenvalue weighted by molar-refractivity contribution is 0.0697. The summed E-state index contributed by atoms with van der Waals surface area (Å²) < 4.78 is 0. The highest BCUT2D eigenvalue weighted by Gasteiger charge is 2.13. The summed E-state index contributed by atoms with van der Waals surface area (Å²) in [6, 6.07) is 9.89. The number of carboxylic acid groups (broad SMARTS) is 1. The highest BCUT2D eigenvalue weighted by Crippen LogP contribution is 2.29. The second kappa shape index (κ2) is 6.56. The summed E-state index contributed by atoms with van der Waals surface area (Å²) in [5.74, 6) is -1.07. The van der Waals surface area contributed by atoms with Gasteiger partial charge in [-0.25, -0.2) is 4.79 Å². The van der Waals surface area contributed by atoms with Crippen molar-refractivity contribution >= 4 is 46.5 Å². The number of rotatable bonds is 4. The van der Waals surface area contributed by atoms with E-state index in [2.05, 4.69) is 5.32 Å². The molecule has 6 heteroatoms. The summed E-state index contributed by atoms with van der Waals surface area (Å²) in [5, 5.41) is 13.6. The van der Waals surface area contributed by atoms with Crippen LogP contribution >= 0.6 is 34.8 Å². The fraction of sp³-hybridized carbons (Fsp3) is 0.133. The Morgan fingerprint density at radius 2 is 1.81 bits per heavy atom. The fourth-order valence-electron chi connectivity index (χ4n) is 1.96. The summed E-state index contributed by atoms with van der Waals surface area (Å²) in [6.45, 7) is 1.92. The molecule has 0 saturated carbocycles. The average Bonchev–Trinajstić information content (AvgIpc) is 2.40. The molecule has 110 valence electrons. The number of hydrogen-bond acceptors (Lipinski definition) is 2. The van der Waals surface area contributed by atoms with Crippen molar-refractivity contribution < 1.29 is 9.90 Å². The Kier molecular flexibility index (Phi) is 4.99. The largest absolute Gasteiger partial charge is 0.478 e. The van der Waals surface area contributed by atoms with Crippen molar-refractivity contribution in [2.75, 3.05) is 5.32 Å². The molecule has 0 aliphatic heterocycles. The van der Waals surface area contributed by atoms with Gasteiger partial charge in [0.05, 0.1) is 10.6 Å². The molecule has 3 nitrogen and oxygen atoms in total. The molecule has 2 aromatic rings. The number of anilines is 1. The van der Waals surface area contributed by atoms with Crippen molar-refractivity contribution in [3.8, 4) is 0 Å². The Labute approximate surface area is 137 Å². The monoisotopic (exact) mass is 343 g/mol. The molecule has 0 aliphatic carbocycles. The van der Waals surface area contributed by atoms with E-state index in [4.69, 9.17) is 39.9 Å². The second-order valence-corrected chi connectivity index (χ2v) is 5.78. The van der Waals surface area contributed by atoms with E-state index in [0.717, 1.165) is 5.56 Å². The zero-order chi connectivity index (χ0) is 15.6. The van der Waals surface area contributed by atoms with E-state index in [9.17, 15) is 4.79 Å². The zero-order valence-electron chi connectivity index (χ0n) is 11.0. The van der Waals surface area contributed by atoms with Gasteiger partial charge in [0, 0.05) is 21.8 Å². The molecular weight excluding hydrogens is 333 g/mol. The van der Waals surface area contributed by atoms with Crippen molar-refractivity contribution in [3.63, 3.8) is 0 Å². The van der Waals surface area contributed by atoms with Crippen LogP contribution in [0.2, 0.25) is 15.1 Å². The van der Waals surface area contributed by atoms with Gasteiger partial charge in [-0.1, -0.05) is 40.9 Å². The van der Waals surface area contributed by atoms with Crippen LogP contribution in [0.1, 0.15) is 28.9 Å². The van der Waals surface area contributed by atoms with Gasteiger partial charge in [0.15, 0.2) is 0 Å². The van der Waals surface area contributed by atoms with Crippen LogP contribution in [0.25, 0.3) is 0 Å². The van der Waals surface area contributed by atoms with Crippen LogP contribution in [-0.2, 0) is 0 Å². The van der Waals surface area contributed by atoms with Crippen LogP contribution in [0.5, 0.6) is 0 Å². The number of hydrogen-bond donors (Lipinski definition) is 2. The van der Waals surface area contributed by atoms with E-state index in [1.165, 1.54) is 6.07 Å². The molecule has 1 atom stereocenters. The third-order valence-electron chi connectivity index (χ3n) is 3.01. The van der Waals surface area contributed by atoms with Crippen LogP contribution in [0.3, 0.4) is 0 Å². The molecule has 0 fully saturated rings. The average molecular weight is 345 g/mol. The van der Waals surface area contributed by atoms with Gasteiger partial charge in [-0.3, -0.25) is 0 Å². The molecule has 2 N–H and O–H groups in total. The minimum absolute atomic E-state index is 0.0519. The minimum Gasteiger partial charge on any atom is -0.478 e. The van der Waals surface area contributed by atoms with E-state index < -0.39 is 5.97 Å². The first-order valence-electron chi connectivity index (χ1n) is 6.13. The molecule has 0 radical (unpaired) electrons. The molecule has 0 aliphatic rings. The molecule has 21 heavy (non-hydrogen) atoms. The minimum atomic E-state index is -1.07. The zero-order valence-corrected chi connectivity index (χ0v) is 13.3. The number of halogens is 3. The molecule has 0 heterocycles. The highest BCUT2D eigenvalue weighted by atomic mass is 35.5. The van der Waals surface area contributed by atoms with Gasteiger partial charge in [0.25, 0.3) is 0 Å². The molecule has 0 bridgehead atoms. The van der Waals surface area contributed by atoms with E-state index in [0.29, 0.717) is 15.7 Å². The smallest absolute Gasteiger partial charge is 0.337 e. The summed E-state index contributed by atoms with van der Waals surface area (Å²) in [4.78, 5) is 11.1. The Morgan fingerprint density at radius 1 is 1.10 bits per heavy atom. The topological polar surface area (TPSA) is 49.3 Å². The number of carbonyl (C=O) groups is 1. The number of benzene rings is 2. The third-order valence-corrected chi connectivity index (χ3v) is 3.90. The Balaban J connectivity index is 2.25. The van der Waals surface area contributed by atoms with Crippen LogP contribution in [-0.4, -0.2) is 11.1 Å². The molecule has 2 aromatic carbocycles. The SMILES string of the molecule is CC(Nc1ccc(Cl)c(C(=O)O)c1)c1ccc(Cl)cc1Cl. The van der Waals surface area contributed by atoms with Gasteiger partial charge in [-0.05, 0) is 42.8 Å². The van der Waals surface area contributed by atoms with Gasteiger partial charge in [0.2, 0.25) is 0 Å². The predicted octanol–water partition coefficient (Wildman–Crippen LogP) is 5.52. The maximum Gasteiger partial charge on any atom is 0.337 e. The van der Waals surface area contributed by atoms with Crippen LogP contribution in [0.4, 0.5) is 5.69 Å². The standard InChI is InChI=1S/C15H12Cl3NO2/c1-8(11-4-2-9(16)6-14(11)18)19-10-3-5-13(17)12(7-10)15(20)21/h2-8,19H,1H3,(H,20,21). The molecule has 0 saturated heterocycles. The summed E-state index contributed by atoms with van der Waals surface area (Å²) in [6.07, 6.45) is 0. The summed E-state index contributed by atoms with van der Waals surface area (Å²) in [7, 11) is 0. The lowest BCUT2D eigenvalue weighted by Gasteiger charge is -2.17. The van der Waals surface area contributed by atoms with Crippen molar-refractivity contribution in [2.45, 2.75) is 13.0 Å².